The van der Waals surface area contributed by atoms with E-state index in [1.54, 1.807) is 0 Å². The van der Waals surface area contributed by atoms with Crippen LogP contribution in [0.5, 0.6) is 0 Å². The third-order valence-electron chi connectivity index (χ3n) is 3.65. The number of rotatable bonds is 2. The lowest BCUT2D eigenvalue weighted by molar-refractivity contribution is 0.0793. The lowest BCUT2D eigenvalue weighted by atomic mass is 9.86. The van der Waals surface area contributed by atoms with Crippen molar-refractivity contribution in [2.24, 2.45) is 0 Å². The highest BCUT2D eigenvalue weighted by Gasteiger charge is 2.22. The maximum Gasteiger partial charge on any atom is 0.0846 e. The van der Waals surface area contributed by atoms with Gasteiger partial charge >= 0.3 is 0 Å². The summed E-state index contributed by atoms with van der Waals surface area (Å²) in [6.45, 7) is 3.67. The van der Waals surface area contributed by atoms with Crippen LogP contribution in [0.2, 0.25) is 0 Å². The van der Waals surface area contributed by atoms with E-state index in [2.05, 4.69) is 30.3 Å². The second-order valence-corrected chi connectivity index (χ2v) is 5.63. The van der Waals surface area contributed by atoms with Crippen LogP contribution >= 0.6 is 0 Å². The summed E-state index contributed by atoms with van der Waals surface area (Å²) >= 11 is 0. The van der Waals surface area contributed by atoms with Crippen LogP contribution in [0.4, 0.5) is 0 Å². The predicted octanol–water partition coefficient (Wildman–Crippen LogP) is 4.73. The number of benzene rings is 3. The quantitative estimate of drug-likeness (QED) is 0.707. The monoisotopic (exact) mass is 262 g/mol. The molecule has 1 N–H and O–H groups in total. The summed E-state index contributed by atoms with van der Waals surface area (Å²) in [5, 5.41) is 12.9. The zero-order valence-electron chi connectivity index (χ0n) is 11.8. The van der Waals surface area contributed by atoms with E-state index >= 15 is 0 Å². The van der Waals surface area contributed by atoms with Crippen molar-refractivity contribution in [2.75, 3.05) is 0 Å². The predicted molar refractivity (Wildman–Crippen MR) is 84.6 cm³/mol. The molecule has 0 aliphatic rings. The van der Waals surface area contributed by atoms with Gasteiger partial charge in [0, 0.05) is 0 Å². The third-order valence-corrected chi connectivity index (χ3v) is 3.65. The van der Waals surface area contributed by atoms with Crippen molar-refractivity contribution in [3.05, 3.63) is 72.3 Å². The summed E-state index contributed by atoms with van der Waals surface area (Å²) in [7, 11) is 0. The molecule has 0 aliphatic carbocycles. The lowest BCUT2D eigenvalue weighted by Crippen LogP contribution is -2.17. The van der Waals surface area contributed by atoms with Crippen LogP contribution in [0.25, 0.3) is 21.9 Å². The Hall–Kier alpha value is -2.12. The topological polar surface area (TPSA) is 20.2 Å². The van der Waals surface area contributed by atoms with Crippen molar-refractivity contribution in [2.45, 2.75) is 19.4 Å². The molecule has 100 valence electrons. The second-order valence-electron chi connectivity index (χ2n) is 5.63. The molecule has 3 rings (SSSR count). The summed E-state index contributed by atoms with van der Waals surface area (Å²) in [6, 6.07) is 22.7. The minimum Gasteiger partial charge on any atom is -0.386 e. The van der Waals surface area contributed by atoms with Gasteiger partial charge in [-0.3, -0.25) is 0 Å². The fourth-order valence-corrected chi connectivity index (χ4v) is 2.70. The molecular weight excluding hydrogens is 244 g/mol. The van der Waals surface area contributed by atoms with Gasteiger partial charge in [0.05, 0.1) is 5.60 Å². The zero-order valence-corrected chi connectivity index (χ0v) is 11.8. The smallest absolute Gasteiger partial charge is 0.0846 e. The molecule has 0 aromatic heterocycles. The standard InChI is InChI=1S/C19H18O/c1-19(2,20)17-13-12-14-8-6-7-11-16(14)18(17)15-9-4-3-5-10-15/h3-13,20H,1-2H3. The highest BCUT2D eigenvalue weighted by molar-refractivity contribution is 5.98. The van der Waals surface area contributed by atoms with E-state index in [0.29, 0.717) is 0 Å². The first-order chi connectivity index (χ1) is 9.57. The van der Waals surface area contributed by atoms with E-state index in [1.807, 2.05) is 50.2 Å². The summed E-state index contributed by atoms with van der Waals surface area (Å²) < 4.78 is 0. The van der Waals surface area contributed by atoms with Gasteiger partial charge in [0.1, 0.15) is 0 Å². The number of hydrogen-bond donors (Lipinski definition) is 1. The number of aliphatic hydroxyl groups is 1. The first kappa shape index (κ1) is 12.9. The molecule has 0 unspecified atom stereocenters. The first-order valence-electron chi connectivity index (χ1n) is 6.87. The summed E-state index contributed by atoms with van der Waals surface area (Å²) in [4.78, 5) is 0. The van der Waals surface area contributed by atoms with Crippen molar-refractivity contribution < 1.29 is 5.11 Å². The molecule has 0 heterocycles. The molecule has 1 nitrogen and oxygen atoms in total. The van der Waals surface area contributed by atoms with Crippen molar-refractivity contribution in [3.8, 4) is 11.1 Å². The van der Waals surface area contributed by atoms with E-state index < -0.39 is 5.60 Å². The third kappa shape index (κ3) is 2.21. The minimum atomic E-state index is -0.866. The number of fused-ring (bicyclic) bond motifs is 1. The molecule has 0 fully saturated rings. The molecule has 1 heteroatoms. The Labute approximate surface area is 119 Å². The summed E-state index contributed by atoms with van der Waals surface area (Å²) in [5.74, 6) is 0. The van der Waals surface area contributed by atoms with Crippen LogP contribution in [0.15, 0.2) is 66.7 Å². The van der Waals surface area contributed by atoms with Gasteiger partial charge in [-0.05, 0) is 41.3 Å². The van der Waals surface area contributed by atoms with Crippen molar-refractivity contribution in [1.29, 1.82) is 0 Å². The molecule has 0 aliphatic heterocycles. The van der Waals surface area contributed by atoms with Crippen LogP contribution in [0.3, 0.4) is 0 Å². The van der Waals surface area contributed by atoms with Gasteiger partial charge in [0.25, 0.3) is 0 Å². The zero-order chi connectivity index (χ0) is 14.2. The lowest BCUT2D eigenvalue weighted by Gasteiger charge is -2.23. The van der Waals surface area contributed by atoms with E-state index in [4.69, 9.17) is 0 Å². The largest absolute Gasteiger partial charge is 0.386 e. The summed E-state index contributed by atoms with van der Waals surface area (Å²) in [5.41, 5.74) is 2.36. The Balaban J connectivity index is 2.41. The molecule has 0 bridgehead atoms. The fourth-order valence-electron chi connectivity index (χ4n) is 2.70. The van der Waals surface area contributed by atoms with Crippen LogP contribution in [0.1, 0.15) is 19.4 Å². The van der Waals surface area contributed by atoms with E-state index in [-0.39, 0.29) is 0 Å². The molecular formula is C19H18O. The van der Waals surface area contributed by atoms with Crippen molar-refractivity contribution in [1.82, 2.24) is 0 Å². The molecule has 0 radical (unpaired) electrons. The molecule has 0 spiro atoms. The van der Waals surface area contributed by atoms with Crippen molar-refractivity contribution in [3.63, 3.8) is 0 Å². The van der Waals surface area contributed by atoms with Crippen LogP contribution in [0, 0.1) is 0 Å². The molecule has 0 saturated carbocycles. The molecule has 0 amide bonds. The van der Waals surface area contributed by atoms with Crippen LogP contribution in [-0.4, -0.2) is 5.11 Å². The van der Waals surface area contributed by atoms with Gasteiger partial charge in [0.15, 0.2) is 0 Å². The Morgan fingerprint density at radius 3 is 2.10 bits per heavy atom. The Morgan fingerprint density at radius 2 is 1.40 bits per heavy atom. The van der Waals surface area contributed by atoms with E-state index in [0.717, 1.165) is 16.7 Å². The maximum atomic E-state index is 10.5. The van der Waals surface area contributed by atoms with Gasteiger partial charge < -0.3 is 5.11 Å². The van der Waals surface area contributed by atoms with E-state index in [9.17, 15) is 5.11 Å². The van der Waals surface area contributed by atoms with Gasteiger partial charge in [-0.25, -0.2) is 0 Å². The minimum absolute atomic E-state index is 0.866. The van der Waals surface area contributed by atoms with Gasteiger partial charge in [-0.15, -0.1) is 0 Å². The first-order valence-corrected chi connectivity index (χ1v) is 6.87. The molecule has 20 heavy (non-hydrogen) atoms. The SMILES string of the molecule is CC(C)(O)c1ccc2ccccc2c1-c1ccccc1. The maximum absolute atomic E-state index is 10.5. The Kier molecular flexibility index (Phi) is 3.07. The highest BCUT2D eigenvalue weighted by Crippen LogP contribution is 2.37. The van der Waals surface area contributed by atoms with Gasteiger partial charge in [0.2, 0.25) is 0 Å². The van der Waals surface area contributed by atoms with Gasteiger partial charge in [-0.1, -0.05) is 66.7 Å². The fraction of sp³-hybridized carbons (Fsp3) is 0.158. The van der Waals surface area contributed by atoms with Crippen molar-refractivity contribution >= 4 is 10.8 Å². The second kappa shape index (κ2) is 4.77. The normalized spacial score (nSPS) is 11.8. The average Bonchev–Trinajstić information content (AvgIpc) is 2.46. The van der Waals surface area contributed by atoms with Crippen LogP contribution in [-0.2, 0) is 5.60 Å². The summed E-state index contributed by atoms with van der Waals surface area (Å²) in [6.07, 6.45) is 0. The Morgan fingerprint density at radius 1 is 0.750 bits per heavy atom. The van der Waals surface area contributed by atoms with Gasteiger partial charge in [-0.2, -0.15) is 0 Å². The Bertz CT molecular complexity index is 737. The average molecular weight is 262 g/mol. The molecule has 3 aromatic rings. The van der Waals surface area contributed by atoms with Crippen LogP contribution < -0.4 is 0 Å². The molecule has 0 saturated heterocycles. The number of hydrogen-bond acceptors (Lipinski definition) is 1. The highest BCUT2D eigenvalue weighted by atomic mass is 16.3. The molecule has 3 aromatic carbocycles. The molecule has 0 atom stereocenters. The van der Waals surface area contributed by atoms with E-state index in [1.165, 1.54) is 10.8 Å².